The Bertz CT molecular complexity index is 1060. The number of hydrogen-bond acceptors (Lipinski definition) is 4. The number of imidazole rings is 1. The fourth-order valence-corrected chi connectivity index (χ4v) is 3.24. The molecule has 0 atom stereocenters. The predicted octanol–water partition coefficient (Wildman–Crippen LogP) is 5.24. The zero-order chi connectivity index (χ0) is 20.2. The van der Waals surface area contributed by atoms with Crippen molar-refractivity contribution in [2.24, 2.45) is 0 Å². The van der Waals surface area contributed by atoms with Crippen LogP contribution in [0.15, 0.2) is 72.8 Å². The summed E-state index contributed by atoms with van der Waals surface area (Å²) in [5.41, 5.74) is 4.93. The van der Waals surface area contributed by atoms with Crippen LogP contribution in [0, 0.1) is 0 Å². The molecule has 29 heavy (non-hydrogen) atoms. The molecule has 0 unspecified atom stereocenters. The summed E-state index contributed by atoms with van der Waals surface area (Å²) in [7, 11) is 3.28. The van der Waals surface area contributed by atoms with Gasteiger partial charge in [-0.05, 0) is 48.5 Å². The molecule has 3 aromatic carbocycles. The Morgan fingerprint density at radius 2 is 1.38 bits per heavy atom. The maximum Gasteiger partial charge on any atom is 0.150 e. The molecule has 5 nitrogen and oxygen atoms in total. The number of H-pyrrole nitrogens is 1. The Hall–Kier alpha value is -3.86. The second kappa shape index (κ2) is 8.02. The first-order chi connectivity index (χ1) is 14.2. The van der Waals surface area contributed by atoms with Gasteiger partial charge in [0.2, 0.25) is 0 Å². The molecule has 0 aliphatic rings. The average Bonchev–Trinajstić information content (AvgIpc) is 3.24. The Balaban J connectivity index is 1.89. The van der Waals surface area contributed by atoms with Crippen molar-refractivity contribution in [3.8, 4) is 45.4 Å². The third-order valence-corrected chi connectivity index (χ3v) is 4.79. The number of ether oxygens (including phenoxy) is 2. The molecule has 1 N–H and O–H groups in total. The van der Waals surface area contributed by atoms with Crippen molar-refractivity contribution in [1.82, 2.24) is 9.97 Å². The molecule has 0 fully saturated rings. The van der Waals surface area contributed by atoms with Crippen molar-refractivity contribution in [3.63, 3.8) is 0 Å². The van der Waals surface area contributed by atoms with Crippen LogP contribution in [0.2, 0.25) is 0 Å². The van der Waals surface area contributed by atoms with Crippen molar-refractivity contribution >= 4 is 6.29 Å². The van der Waals surface area contributed by atoms with Gasteiger partial charge >= 0.3 is 0 Å². The topological polar surface area (TPSA) is 64.2 Å². The summed E-state index contributed by atoms with van der Waals surface area (Å²) < 4.78 is 10.5. The van der Waals surface area contributed by atoms with Gasteiger partial charge in [-0.2, -0.15) is 0 Å². The second-order valence-electron chi connectivity index (χ2n) is 6.47. The molecular weight excluding hydrogens is 364 g/mol. The molecule has 0 saturated carbocycles. The Morgan fingerprint density at radius 3 is 1.97 bits per heavy atom. The Labute approximate surface area is 169 Å². The van der Waals surface area contributed by atoms with Gasteiger partial charge in [-0.25, -0.2) is 4.98 Å². The number of methoxy groups -OCH3 is 2. The third kappa shape index (κ3) is 3.62. The Kier molecular flexibility index (Phi) is 5.12. The quantitative estimate of drug-likeness (QED) is 0.462. The van der Waals surface area contributed by atoms with Crippen LogP contribution >= 0.6 is 0 Å². The van der Waals surface area contributed by atoms with Crippen LogP contribution in [0.1, 0.15) is 10.4 Å². The SMILES string of the molecule is COc1ccc(-c2nc(-c3ccccc3C=O)[nH]c2-c2ccc(OC)cc2)cc1. The van der Waals surface area contributed by atoms with E-state index in [1.165, 1.54) is 0 Å². The number of aromatic amines is 1. The molecule has 0 saturated heterocycles. The van der Waals surface area contributed by atoms with Gasteiger partial charge in [-0.1, -0.05) is 24.3 Å². The largest absolute Gasteiger partial charge is 0.497 e. The van der Waals surface area contributed by atoms with E-state index in [2.05, 4.69) is 4.98 Å². The highest BCUT2D eigenvalue weighted by atomic mass is 16.5. The average molecular weight is 384 g/mol. The van der Waals surface area contributed by atoms with Crippen molar-refractivity contribution < 1.29 is 14.3 Å². The minimum Gasteiger partial charge on any atom is -0.497 e. The molecule has 4 aromatic rings. The molecule has 0 bridgehead atoms. The maximum absolute atomic E-state index is 11.5. The van der Waals surface area contributed by atoms with Crippen molar-refractivity contribution in [2.75, 3.05) is 14.2 Å². The number of rotatable bonds is 6. The third-order valence-electron chi connectivity index (χ3n) is 4.79. The monoisotopic (exact) mass is 384 g/mol. The first kappa shape index (κ1) is 18.5. The molecule has 1 heterocycles. The minimum absolute atomic E-state index is 0.587. The molecule has 144 valence electrons. The zero-order valence-corrected chi connectivity index (χ0v) is 16.2. The number of carbonyl (C=O) groups is 1. The van der Waals surface area contributed by atoms with Crippen LogP contribution < -0.4 is 9.47 Å². The van der Waals surface area contributed by atoms with Gasteiger partial charge in [-0.3, -0.25) is 4.79 Å². The molecule has 1 aromatic heterocycles. The van der Waals surface area contributed by atoms with E-state index in [1.54, 1.807) is 20.3 Å². The van der Waals surface area contributed by atoms with Gasteiger partial charge in [0.1, 0.15) is 17.3 Å². The van der Waals surface area contributed by atoms with Crippen LogP contribution in [0.3, 0.4) is 0 Å². The number of aromatic nitrogens is 2. The van der Waals surface area contributed by atoms with E-state index in [9.17, 15) is 4.79 Å². The fraction of sp³-hybridized carbons (Fsp3) is 0.0833. The predicted molar refractivity (Wildman–Crippen MR) is 113 cm³/mol. The molecule has 0 amide bonds. The van der Waals surface area contributed by atoms with Crippen LogP contribution in [0.25, 0.3) is 33.9 Å². The Morgan fingerprint density at radius 1 is 0.793 bits per heavy atom. The van der Waals surface area contributed by atoms with E-state index in [-0.39, 0.29) is 0 Å². The molecule has 0 aliphatic carbocycles. The number of hydrogen-bond donors (Lipinski definition) is 1. The lowest BCUT2D eigenvalue weighted by Gasteiger charge is -2.06. The lowest BCUT2D eigenvalue weighted by Crippen LogP contribution is -1.88. The number of benzene rings is 3. The van der Waals surface area contributed by atoms with Crippen LogP contribution in [0.5, 0.6) is 11.5 Å². The summed E-state index contributed by atoms with van der Waals surface area (Å²) in [5.74, 6) is 2.21. The molecular formula is C24H20N2O3. The van der Waals surface area contributed by atoms with Crippen LogP contribution in [0.4, 0.5) is 0 Å². The summed E-state index contributed by atoms with van der Waals surface area (Å²) in [6.45, 7) is 0. The highest BCUT2D eigenvalue weighted by molar-refractivity contribution is 5.88. The van der Waals surface area contributed by atoms with E-state index in [0.717, 1.165) is 45.9 Å². The van der Waals surface area contributed by atoms with Gasteiger partial charge in [0, 0.05) is 22.3 Å². The number of nitrogens with zero attached hydrogens (tertiary/aromatic N) is 1. The number of carbonyl (C=O) groups excluding carboxylic acids is 1. The van der Waals surface area contributed by atoms with E-state index in [0.29, 0.717) is 11.4 Å². The summed E-state index contributed by atoms with van der Waals surface area (Å²) in [5, 5.41) is 0. The molecule has 0 aliphatic heterocycles. The van der Waals surface area contributed by atoms with E-state index >= 15 is 0 Å². The van der Waals surface area contributed by atoms with Crippen LogP contribution in [-0.2, 0) is 0 Å². The minimum atomic E-state index is 0.587. The summed E-state index contributed by atoms with van der Waals surface area (Å²) in [6, 6.07) is 22.9. The molecule has 5 heteroatoms. The molecule has 0 spiro atoms. The van der Waals surface area contributed by atoms with Crippen molar-refractivity contribution in [1.29, 1.82) is 0 Å². The zero-order valence-electron chi connectivity index (χ0n) is 16.2. The first-order valence-corrected chi connectivity index (χ1v) is 9.17. The summed E-state index contributed by atoms with van der Waals surface area (Å²) in [4.78, 5) is 19.8. The van der Waals surface area contributed by atoms with Gasteiger partial charge in [0.25, 0.3) is 0 Å². The lowest BCUT2D eigenvalue weighted by atomic mass is 10.0. The van der Waals surface area contributed by atoms with Crippen LogP contribution in [-0.4, -0.2) is 30.5 Å². The number of aldehydes is 1. The van der Waals surface area contributed by atoms with E-state index < -0.39 is 0 Å². The first-order valence-electron chi connectivity index (χ1n) is 9.17. The second-order valence-corrected chi connectivity index (χ2v) is 6.47. The molecule has 0 radical (unpaired) electrons. The van der Waals surface area contributed by atoms with E-state index in [4.69, 9.17) is 14.5 Å². The van der Waals surface area contributed by atoms with E-state index in [1.807, 2.05) is 66.7 Å². The molecule has 4 rings (SSSR count). The highest BCUT2D eigenvalue weighted by Gasteiger charge is 2.17. The van der Waals surface area contributed by atoms with Crippen molar-refractivity contribution in [3.05, 3.63) is 78.4 Å². The standard InChI is InChI=1S/C24H20N2O3/c1-28-19-11-7-16(8-12-19)22-23(17-9-13-20(29-2)14-10-17)26-24(25-22)21-6-4-3-5-18(21)15-27/h3-15H,1-2H3,(H,25,26). The van der Waals surface area contributed by atoms with Crippen molar-refractivity contribution in [2.45, 2.75) is 0 Å². The summed E-state index contributed by atoms with van der Waals surface area (Å²) in [6.07, 6.45) is 0.845. The smallest absolute Gasteiger partial charge is 0.150 e. The van der Waals surface area contributed by atoms with Gasteiger partial charge in [-0.15, -0.1) is 0 Å². The van der Waals surface area contributed by atoms with Gasteiger partial charge in [0.15, 0.2) is 6.29 Å². The summed E-state index contributed by atoms with van der Waals surface area (Å²) >= 11 is 0. The normalized spacial score (nSPS) is 10.6. The fourth-order valence-electron chi connectivity index (χ4n) is 3.24. The van der Waals surface area contributed by atoms with Gasteiger partial charge in [0.05, 0.1) is 25.6 Å². The highest BCUT2D eigenvalue weighted by Crippen LogP contribution is 2.35. The van der Waals surface area contributed by atoms with Gasteiger partial charge < -0.3 is 14.5 Å². The maximum atomic E-state index is 11.5. The lowest BCUT2D eigenvalue weighted by molar-refractivity contribution is 0.112. The number of nitrogens with one attached hydrogen (secondary N) is 1.